The molecule has 0 atom stereocenters. The summed E-state index contributed by atoms with van der Waals surface area (Å²) in [5, 5.41) is -0.328. The van der Waals surface area contributed by atoms with Gasteiger partial charge < -0.3 is 0 Å². The first-order chi connectivity index (χ1) is 8.77. The third-order valence-corrected chi connectivity index (χ3v) is 2.71. The first-order valence-corrected chi connectivity index (χ1v) is 5.66. The summed E-state index contributed by atoms with van der Waals surface area (Å²) in [5.41, 5.74) is -0.385. The van der Waals surface area contributed by atoms with Crippen LogP contribution < -0.4 is 0 Å². The molecule has 0 aliphatic rings. The highest BCUT2D eigenvalue weighted by Gasteiger charge is 2.31. The highest BCUT2D eigenvalue weighted by molar-refractivity contribution is 6.29. The van der Waals surface area contributed by atoms with Gasteiger partial charge in [0.2, 0.25) is 0 Å². The van der Waals surface area contributed by atoms with Crippen molar-refractivity contribution in [3.05, 3.63) is 52.4 Å². The molecule has 1 heterocycles. The van der Waals surface area contributed by atoms with E-state index in [1.165, 1.54) is 18.2 Å². The molecule has 0 spiro atoms. The smallest absolute Gasteiger partial charge is 0.236 e. The standard InChI is InChI=1S/C13H8ClF4N/c1-7-2-3-10(15)9(4-7)11-5-8(13(16,17)18)6-12(14)19-11/h2-6H,1H3. The van der Waals surface area contributed by atoms with Crippen LogP contribution in [0.25, 0.3) is 11.3 Å². The largest absolute Gasteiger partial charge is 0.416 e. The van der Waals surface area contributed by atoms with Crippen molar-refractivity contribution in [3.8, 4) is 11.3 Å². The fourth-order valence-corrected chi connectivity index (χ4v) is 1.84. The SMILES string of the molecule is Cc1ccc(F)c(-c2cc(C(F)(F)F)cc(Cl)n2)c1. The summed E-state index contributed by atoms with van der Waals surface area (Å²) in [4.78, 5) is 3.74. The summed E-state index contributed by atoms with van der Waals surface area (Å²) >= 11 is 5.56. The minimum atomic E-state index is -4.55. The van der Waals surface area contributed by atoms with Crippen LogP contribution in [0.4, 0.5) is 17.6 Å². The minimum absolute atomic E-state index is 0.00648. The Morgan fingerprint density at radius 2 is 1.79 bits per heavy atom. The number of hydrogen-bond acceptors (Lipinski definition) is 1. The molecule has 2 aromatic rings. The van der Waals surface area contributed by atoms with E-state index in [2.05, 4.69) is 4.98 Å². The summed E-state index contributed by atoms with van der Waals surface area (Å²) in [6.07, 6.45) is -4.55. The predicted molar refractivity (Wildman–Crippen MR) is 64.4 cm³/mol. The van der Waals surface area contributed by atoms with Gasteiger partial charge in [0.1, 0.15) is 11.0 Å². The van der Waals surface area contributed by atoms with Gasteiger partial charge in [-0.2, -0.15) is 13.2 Å². The maximum Gasteiger partial charge on any atom is 0.416 e. The summed E-state index contributed by atoms with van der Waals surface area (Å²) in [5.74, 6) is -0.645. The normalized spacial score (nSPS) is 11.7. The number of aromatic nitrogens is 1. The van der Waals surface area contributed by atoms with Crippen molar-refractivity contribution < 1.29 is 17.6 Å². The van der Waals surface area contributed by atoms with Gasteiger partial charge in [-0.1, -0.05) is 23.2 Å². The molecule has 2 rings (SSSR count). The van der Waals surface area contributed by atoms with Crippen molar-refractivity contribution >= 4 is 11.6 Å². The Kier molecular flexibility index (Phi) is 3.49. The van der Waals surface area contributed by atoms with Crippen LogP contribution in [0.2, 0.25) is 5.15 Å². The zero-order chi connectivity index (χ0) is 14.2. The van der Waals surface area contributed by atoms with E-state index >= 15 is 0 Å². The van der Waals surface area contributed by atoms with Gasteiger partial charge >= 0.3 is 6.18 Å². The fourth-order valence-electron chi connectivity index (χ4n) is 1.63. The van der Waals surface area contributed by atoms with Gasteiger partial charge in [-0.25, -0.2) is 9.37 Å². The van der Waals surface area contributed by atoms with E-state index in [9.17, 15) is 17.6 Å². The van der Waals surface area contributed by atoms with E-state index in [1.807, 2.05) is 0 Å². The van der Waals surface area contributed by atoms with Gasteiger partial charge in [-0.15, -0.1) is 0 Å². The van der Waals surface area contributed by atoms with Gasteiger partial charge in [-0.3, -0.25) is 0 Å². The Hall–Kier alpha value is -1.62. The lowest BCUT2D eigenvalue weighted by molar-refractivity contribution is -0.137. The zero-order valence-corrected chi connectivity index (χ0v) is 10.5. The summed E-state index contributed by atoms with van der Waals surface area (Å²) in [6.45, 7) is 1.71. The van der Waals surface area contributed by atoms with Crippen LogP contribution in [0.1, 0.15) is 11.1 Å². The Labute approximate surface area is 111 Å². The monoisotopic (exact) mass is 289 g/mol. The topological polar surface area (TPSA) is 12.9 Å². The van der Waals surface area contributed by atoms with Gasteiger partial charge in [0, 0.05) is 5.56 Å². The molecule has 0 unspecified atom stereocenters. The van der Waals surface area contributed by atoms with Crippen molar-refractivity contribution in [1.29, 1.82) is 0 Å². The molecule has 0 N–H and O–H groups in total. The number of halogens is 5. The third-order valence-electron chi connectivity index (χ3n) is 2.52. The minimum Gasteiger partial charge on any atom is -0.236 e. The predicted octanol–water partition coefficient (Wildman–Crippen LogP) is 4.87. The van der Waals surface area contributed by atoms with Gasteiger partial charge in [-0.05, 0) is 31.2 Å². The Morgan fingerprint density at radius 3 is 2.42 bits per heavy atom. The molecule has 1 aromatic heterocycles. The maximum absolute atomic E-state index is 13.7. The van der Waals surface area contributed by atoms with Crippen LogP contribution in [0.3, 0.4) is 0 Å². The second kappa shape index (κ2) is 4.81. The van der Waals surface area contributed by atoms with Crippen LogP contribution in [-0.4, -0.2) is 4.98 Å². The number of nitrogens with zero attached hydrogens (tertiary/aromatic N) is 1. The lowest BCUT2D eigenvalue weighted by Gasteiger charge is -2.10. The highest BCUT2D eigenvalue weighted by atomic mass is 35.5. The highest BCUT2D eigenvalue weighted by Crippen LogP contribution is 2.33. The molecule has 1 nitrogen and oxygen atoms in total. The summed E-state index contributed by atoms with van der Waals surface area (Å²) < 4.78 is 51.6. The molecular formula is C13H8ClF4N. The molecule has 0 bridgehead atoms. The molecular weight excluding hydrogens is 282 g/mol. The maximum atomic E-state index is 13.7. The molecule has 0 radical (unpaired) electrons. The van der Waals surface area contributed by atoms with Crippen molar-refractivity contribution in [3.63, 3.8) is 0 Å². The van der Waals surface area contributed by atoms with Crippen LogP contribution in [0.15, 0.2) is 30.3 Å². The van der Waals surface area contributed by atoms with Gasteiger partial charge in [0.05, 0.1) is 11.3 Å². The molecule has 6 heteroatoms. The van der Waals surface area contributed by atoms with E-state index in [0.29, 0.717) is 11.6 Å². The Bertz CT molecular complexity index is 623. The van der Waals surface area contributed by atoms with E-state index in [1.54, 1.807) is 6.92 Å². The summed E-state index contributed by atoms with van der Waals surface area (Å²) in [6, 6.07) is 5.62. The van der Waals surface area contributed by atoms with Crippen LogP contribution >= 0.6 is 11.6 Å². The van der Waals surface area contributed by atoms with Crippen molar-refractivity contribution in [2.45, 2.75) is 13.1 Å². The molecule has 0 saturated heterocycles. The molecule has 19 heavy (non-hydrogen) atoms. The number of rotatable bonds is 1. The fraction of sp³-hybridized carbons (Fsp3) is 0.154. The average Bonchev–Trinajstić information content (AvgIpc) is 2.30. The Morgan fingerprint density at radius 1 is 1.11 bits per heavy atom. The van der Waals surface area contributed by atoms with E-state index in [-0.39, 0.29) is 16.4 Å². The second-order valence-corrected chi connectivity index (χ2v) is 4.43. The molecule has 0 saturated carbocycles. The van der Waals surface area contributed by atoms with Crippen LogP contribution in [-0.2, 0) is 6.18 Å². The first kappa shape index (κ1) is 13.8. The molecule has 1 aromatic carbocycles. The van der Waals surface area contributed by atoms with Gasteiger partial charge in [0.25, 0.3) is 0 Å². The number of benzene rings is 1. The quantitative estimate of drug-likeness (QED) is 0.539. The van der Waals surface area contributed by atoms with Crippen LogP contribution in [0.5, 0.6) is 0 Å². The number of aryl methyl sites for hydroxylation is 1. The molecule has 0 aliphatic heterocycles. The summed E-state index contributed by atoms with van der Waals surface area (Å²) in [7, 11) is 0. The third kappa shape index (κ3) is 3.04. The average molecular weight is 290 g/mol. The second-order valence-electron chi connectivity index (χ2n) is 4.04. The van der Waals surface area contributed by atoms with Crippen molar-refractivity contribution in [1.82, 2.24) is 4.98 Å². The molecule has 0 amide bonds. The van der Waals surface area contributed by atoms with E-state index in [4.69, 9.17) is 11.6 Å². The number of alkyl halides is 3. The van der Waals surface area contributed by atoms with Gasteiger partial charge in [0.15, 0.2) is 0 Å². The number of pyridine rings is 1. The van der Waals surface area contributed by atoms with Crippen molar-refractivity contribution in [2.24, 2.45) is 0 Å². The lowest BCUT2D eigenvalue weighted by atomic mass is 10.1. The van der Waals surface area contributed by atoms with Crippen molar-refractivity contribution in [2.75, 3.05) is 0 Å². The first-order valence-electron chi connectivity index (χ1n) is 5.28. The molecule has 100 valence electrons. The molecule has 0 aliphatic carbocycles. The van der Waals surface area contributed by atoms with Crippen LogP contribution in [0, 0.1) is 12.7 Å². The van der Waals surface area contributed by atoms with E-state index in [0.717, 1.165) is 6.07 Å². The lowest BCUT2D eigenvalue weighted by Crippen LogP contribution is -2.06. The zero-order valence-electron chi connectivity index (χ0n) is 9.72. The Balaban J connectivity index is 2.63. The van der Waals surface area contributed by atoms with E-state index < -0.39 is 17.6 Å². The number of hydrogen-bond donors (Lipinski definition) is 0. The molecule has 0 fully saturated rings.